The van der Waals surface area contributed by atoms with Crippen LogP contribution in [0.4, 0.5) is 10.5 Å². The molecule has 0 aromatic heterocycles. The summed E-state index contributed by atoms with van der Waals surface area (Å²) in [4.78, 5) is 24.6. The van der Waals surface area contributed by atoms with Crippen molar-refractivity contribution in [3.8, 4) is 0 Å². The molecule has 0 saturated carbocycles. The van der Waals surface area contributed by atoms with E-state index >= 15 is 0 Å². The third-order valence-corrected chi connectivity index (χ3v) is 4.43. The first-order chi connectivity index (χ1) is 11.7. The van der Waals surface area contributed by atoms with Crippen molar-refractivity contribution in [2.75, 3.05) is 18.4 Å². The Morgan fingerprint density at radius 3 is 2.64 bits per heavy atom. The topological polar surface area (TPSA) is 82.3 Å². The molecule has 2 unspecified atom stereocenters. The Hall–Kier alpha value is -1.79. The first-order valence-corrected chi connectivity index (χ1v) is 8.94. The van der Waals surface area contributed by atoms with Gasteiger partial charge in [-0.1, -0.05) is 18.5 Å². The largest absolute Gasteiger partial charge is 0.348 e. The Balaban J connectivity index is 2.07. The number of halogens is 1. The quantitative estimate of drug-likeness (QED) is 0.663. The highest BCUT2D eigenvalue weighted by molar-refractivity contribution is 6.34. The van der Waals surface area contributed by atoms with Gasteiger partial charge in [0, 0.05) is 23.8 Å². The Morgan fingerprint density at radius 2 is 2.00 bits per heavy atom. The van der Waals surface area contributed by atoms with Crippen molar-refractivity contribution >= 4 is 29.2 Å². The first kappa shape index (κ1) is 19.5. The Kier molecular flexibility index (Phi) is 6.30. The van der Waals surface area contributed by atoms with Gasteiger partial charge in [0.25, 0.3) is 5.91 Å². The zero-order chi connectivity index (χ0) is 18.6. The van der Waals surface area contributed by atoms with Gasteiger partial charge in [-0.15, -0.1) is 0 Å². The van der Waals surface area contributed by atoms with Crippen LogP contribution in [0.1, 0.15) is 44.5 Å². The summed E-state index contributed by atoms with van der Waals surface area (Å²) < 4.78 is 0. The van der Waals surface area contributed by atoms with Crippen molar-refractivity contribution in [1.82, 2.24) is 16.0 Å². The van der Waals surface area contributed by atoms with Gasteiger partial charge in [-0.05, 0) is 57.9 Å². The predicted molar refractivity (Wildman–Crippen MR) is 101 cm³/mol. The van der Waals surface area contributed by atoms with Crippen LogP contribution in [0.3, 0.4) is 0 Å². The third kappa shape index (κ3) is 5.90. The minimum atomic E-state index is -0.346. The summed E-state index contributed by atoms with van der Waals surface area (Å²) in [6.45, 7) is 9.53. The molecule has 2 atom stereocenters. The number of urea groups is 1. The minimum absolute atomic E-state index is 0.0677. The van der Waals surface area contributed by atoms with Crippen molar-refractivity contribution in [2.45, 2.75) is 45.7 Å². The van der Waals surface area contributed by atoms with Crippen LogP contribution >= 0.6 is 11.6 Å². The van der Waals surface area contributed by atoms with Gasteiger partial charge in [0.2, 0.25) is 0 Å². The van der Waals surface area contributed by atoms with Crippen LogP contribution in [0.2, 0.25) is 5.02 Å². The monoisotopic (exact) mass is 366 g/mol. The molecule has 1 saturated heterocycles. The number of carbonyl (C=O) groups excluding carboxylic acids is 2. The Bertz CT molecular complexity index is 642. The molecule has 1 aliphatic heterocycles. The molecule has 6 nitrogen and oxygen atoms in total. The Morgan fingerprint density at radius 1 is 1.28 bits per heavy atom. The van der Waals surface area contributed by atoms with E-state index in [2.05, 4.69) is 28.2 Å². The van der Waals surface area contributed by atoms with Crippen molar-refractivity contribution in [1.29, 1.82) is 0 Å². The molecule has 3 amide bonds. The lowest BCUT2D eigenvalue weighted by molar-refractivity contribution is 0.0915. The van der Waals surface area contributed by atoms with E-state index in [0.29, 0.717) is 22.2 Å². The fourth-order valence-electron chi connectivity index (χ4n) is 2.71. The average Bonchev–Trinajstić information content (AvgIpc) is 2.49. The van der Waals surface area contributed by atoms with Crippen LogP contribution in [0.25, 0.3) is 0 Å². The Labute approximate surface area is 154 Å². The zero-order valence-electron chi connectivity index (χ0n) is 15.2. The van der Waals surface area contributed by atoms with E-state index in [1.165, 1.54) is 0 Å². The molecule has 0 bridgehead atoms. The second-order valence-electron chi connectivity index (χ2n) is 7.57. The summed E-state index contributed by atoms with van der Waals surface area (Å²) >= 11 is 6.18. The van der Waals surface area contributed by atoms with Crippen LogP contribution in [0, 0.1) is 5.92 Å². The molecule has 1 fully saturated rings. The molecule has 25 heavy (non-hydrogen) atoms. The molecule has 1 aromatic rings. The molecule has 0 aliphatic carbocycles. The molecular formula is C18H27ClN4O2. The van der Waals surface area contributed by atoms with Gasteiger partial charge >= 0.3 is 6.03 Å². The molecular weight excluding hydrogens is 340 g/mol. The number of carbonyl (C=O) groups is 2. The maximum Gasteiger partial charge on any atom is 0.319 e. The van der Waals surface area contributed by atoms with Crippen LogP contribution < -0.4 is 21.3 Å². The summed E-state index contributed by atoms with van der Waals surface area (Å²) in [5, 5.41) is 12.2. The standard InChI is InChI=1S/C18H27ClN4O2/c1-11-7-8-20-10-15(11)22-16(24)13-9-12(5-6-14(13)19)21-17(25)23-18(2,3)4/h5-6,9,11,15,20H,7-8,10H2,1-4H3,(H,22,24)(H2,21,23,25). The SMILES string of the molecule is CC1CCNCC1NC(=O)c1cc(NC(=O)NC(C)(C)C)ccc1Cl. The van der Waals surface area contributed by atoms with Gasteiger partial charge in [-0.25, -0.2) is 4.79 Å². The van der Waals surface area contributed by atoms with Crippen molar-refractivity contribution in [2.24, 2.45) is 5.92 Å². The smallest absolute Gasteiger partial charge is 0.319 e. The molecule has 7 heteroatoms. The van der Waals surface area contributed by atoms with E-state index in [1.807, 2.05) is 20.8 Å². The van der Waals surface area contributed by atoms with Crippen LogP contribution in [-0.4, -0.2) is 36.6 Å². The van der Waals surface area contributed by atoms with Gasteiger partial charge in [0.05, 0.1) is 10.6 Å². The maximum absolute atomic E-state index is 12.6. The number of anilines is 1. The fourth-order valence-corrected chi connectivity index (χ4v) is 2.91. The fraction of sp³-hybridized carbons (Fsp3) is 0.556. The summed E-state index contributed by atoms with van der Waals surface area (Å²) in [7, 11) is 0. The van der Waals surface area contributed by atoms with E-state index in [4.69, 9.17) is 11.6 Å². The molecule has 0 radical (unpaired) electrons. The number of rotatable bonds is 3. The molecule has 138 valence electrons. The van der Waals surface area contributed by atoms with E-state index in [9.17, 15) is 9.59 Å². The van der Waals surface area contributed by atoms with Gasteiger partial charge in [-0.3, -0.25) is 4.79 Å². The van der Waals surface area contributed by atoms with Crippen LogP contribution in [-0.2, 0) is 0 Å². The molecule has 1 heterocycles. The lowest BCUT2D eigenvalue weighted by atomic mass is 9.94. The molecule has 1 aromatic carbocycles. The minimum Gasteiger partial charge on any atom is -0.348 e. The normalized spacial score (nSPS) is 20.7. The number of piperidine rings is 1. The summed E-state index contributed by atoms with van der Waals surface area (Å²) in [5.74, 6) is 0.174. The van der Waals surface area contributed by atoms with Crippen molar-refractivity contribution in [3.63, 3.8) is 0 Å². The second kappa shape index (κ2) is 8.06. The van der Waals surface area contributed by atoms with Crippen molar-refractivity contribution < 1.29 is 9.59 Å². The third-order valence-electron chi connectivity index (χ3n) is 4.10. The van der Waals surface area contributed by atoms with Gasteiger partial charge in [0.15, 0.2) is 0 Å². The number of nitrogens with one attached hydrogen (secondary N) is 4. The highest BCUT2D eigenvalue weighted by Gasteiger charge is 2.24. The second-order valence-corrected chi connectivity index (χ2v) is 7.98. The molecule has 4 N–H and O–H groups in total. The van der Waals surface area contributed by atoms with Gasteiger partial charge < -0.3 is 21.3 Å². The molecule has 0 spiro atoms. The van der Waals surface area contributed by atoms with Gasteiger partial charge in [-0.2, -0.15) is 0 Å². The van der Waals surface area contributed by atoms with Crippen LogP contribution in [0.15, 0.2) is 18.2 Å². The lowest BCUT2D eigenvalue weighted by Crippen LogP contribution is -2.50. The van der Waals surface area contributed by atoms with E-state index in [1.54, 1.807) is 18.2 Å². The average molecular weight is 367 g/mol. The van der Waals surface area contributed by atoms with E-state index in [-0.39, 0.29) is 23.5 Å². The number of benzene rings is 1. The zero-order valence-corrected chi connectivity index (χ0v) is 16.0. The van der Waals surface area contributed by atoms with E-state index < -0.39 is 0 Å². The van der Waals surface area contributed by atoms with Crippen molar-refractivity contribution in [3.05, 3.63) is 28.8 Å². The number of hydrogen-bond donors (Lipinski definition) is 4. The summed E-state index contributed by atoms with van der Waals surface area (Å²) in [5.41, 5.74) is 0.528. The number of amides is 3. The highest BCUT2D eigenvalue weighted by atomic mass is 35.5. The summed E-state index contributed by atoms with van der Waals surface area (Å²) in [6, 6.07) is 4.63. The predicted octanol–water partition coefficient (Wildman–Crippen LogP) is 2.99. The van der Waals surface area contributed by atoms with E-state index in [0.717, 1.165) is 19.5 Å². The molecule has 1 aliphatic rings. The molecule has 2 rings (SSSR count). The first-order valence-electron chi connectivity index (χ1n) is 8.56. The maximum atomic E-state index is 12.6. The summed E-state index contributed by atoms with van der Waals surface area (Å²) in [6.07, 6.45) is 1.02. The highest BCUT2D eigenvalue weighted by Crippen LogP contribution is 2.22. The lowest BCUT2D eigenvalue weighted by Gasteiger charge is -2.30. The number of hydrogen-bond acceptors (Lipinski definition) is 3. The van der Waals surface area contributed by atoms with Crippen LogP contribution in [0.5, 0.6) is 0 Å². The van der Waals surface area contributed by atoms with Gasteiger partial charge in [0.1, 0.15) is 0 Å².